The first-order chi connectivity index (χ1) is 19.7. The largest absolute Gasteiger partial charge is 0.451 e. The lowest BCUT2D eigenvalue weighted by atomic mass is 10.1. The second-order valence-corrected chi connectivity index (χ2v) is 15.7. The molecule has 0 aliphatic heterocycles. The molecule has 0 bridgehead atoms. The Hall–Kier alpha value is -3.65. The van der Waals surface area contributed by atoms with Crippen molar-refractivity contribution in [1.82, 2.24) is 19.9 Å². The molecule has 8 rings (SSSR count). The molecule has 4 aromatic carbocycles. The van der Waals surface area contributed by atoms with E-state index in [0.717, 1.165) is 43.4 Å². The highest BCUT2D eigenvalue weighted by molar-refractivity contribution is 8.24. The van der Waals surface area contributed by atoms with Crippen LogP contribution in [0.4, 0.5) is 0 Å². The molecule has 204 valence electrons. The lowest BCUT2D eigenvalue weighted by Gasteiger charge is -1.97. The maximum absolute atomic E-state index is 11.7. The number of H-pyrrole nitrogens is 1. The van der Waals surface area contributed by atoms with E-state index in [-0.39, 0.29) is 11.1 Å². The maximum atomic E-state index is 11.7. The summed E-state index contributed by atoms with van der Waals surface area (Å²) < 4.78 is 20.8. The van der Waals surface area contributed by atoms with Crippen LogP contribution in [0.3, 0.4) is 0 Å². The second kappa shape index (κ2) is 11.0. The van der Waals surface area contributed by atoms with E-state index in [0.29, 0.717) is 21.8 Å². The number of halogens is 4. The van der Waals surface area contributed by atoms with Crippen molar-refractivity contribution < 1.29 is 13.4 Å². The second-order valence-electron chi connectivity index (χ2n) is 8.67. The van der Waals surface area contributed by atoms with Crippen molar-refractivity contribution in [3.63, 3.8) is 0 Å². The number of benzene rings is 4. The van der Waals surface area contributed by atoms with Crippen molar-refractivity contribution in [3.05, 3.63) is 101 Å². The fourth-order valence-electron chi connectivity index (χ4n) is 4.66. The fourth-order valence-corrected chi connectivity index (χ4v) is 4.83. The van der Waals surface area contributed by atoms with Crippen molar-refractivity contribution in [2.75, 3.05) is 0 Å². The molecule has 0 aliphatic carbocycles. The van der Waals surface area contributed by atoms with Crippen molar-refractivity contribution in [2.45, 2.75) is 0 Å². The van der Waals surface area contributed by atoms with Gasteiger partial charge in [-0.15, -0.1) is 0 Å². The molecule has 0 spiro atoms. The van der Waals surface area contributed by atoms with Gasteiger partial charge < -0.3 is 13.8 Å². The third kappa shape index (κ3) is 5.49. The maximum Gasteiger partial charge on any atom is 0.339 e. The molecule has 0 radical (unpaired) electrons. The van der Waals surface area contributed by atoms with Crippen molar-refractivity contribution >= 4 is 116 Å². The zero-order chi connectivity index (χ0) is 28.7. The topological polar surface area (TPSA) is 115 Å². The summed E-state index contributed by atoms with van der Waals surface area (Å²) in [4.78, 5) is 26.7. The molecule has 0 saturated heterocycles. The monoisotopic (exact) mass is 642 g/mol. The summed E-state index contributed by atoms with van der Waals surface area (Å²) in [6, 6.07) is 24.0. The van der Waals surface area contributed by atoms with E-state index in [4.69, 9.17) is 20.4 Å². The van der Waals surface area contributed by atoms with E-state index < -0.39 is 5.20 Å². The molecule has 0 atom stereocenters. The van der Waals surface area contributed by atoms with Crippen molar-refractivity contribution in [3.8, 4) is 0 Å². The van der Waals surface area contributed by atoms with Crippen molar-refractivity contribution in [1.29, 1.82) is 0 Å². The molecular weight excluding hydrogens is 629 g/mol. The fraction of sp³-hybridized carbons (Fsp3) is 0. The summed E-state index contributed by atoms with van der Waals surface area (Å²) in [7, 11) is 0. The van der Waals surface area contributed by atoms with Crippen LogP contribution in [0.15, 0.2) is 99.1 Å². The number of aromatic amines is 1. The zero-order valence-electron chi connectivity index (χ0n) is 20.5. The number of hydrogen-bond donors (Lipinski definition) is 1. The Labute approximate surface area is 249 Å². The Morgan fingerprint density at radius 1 is 0.683 bits per heavy atom. The standard InChI is InChI=1S/C14H7ClN2O.C14H8N2O2.Cl3OP/c15-14-13-12(16-7-17-14)11-9-4-2-1-3-8(9)5-6-10(11)18-13;17-14-13-12(15-7-16-14)11-9-4-2-1-3-8(9)5-6-10(11)18-13;1-5(2,3)4/h1-7H;1-7H,(H,15,16,17);. The molecule has 0 fully saturated rings. The van der Waals surface area contributed by atoms with E-state index in [1.165, 1.54) is 12.7 Å². The lowest BCUT2D eigenvalue weighted by molar-refractivity contribution is 0.600. The zero-order valence-corrected chi connectivity index (χ0v) is 24.4. The van der Waals surface area contributed by atoms with Crippen LogP contribution in [0.2, 0.25) is 5.15 Å². The van der Waals surface area contributed by atoms with Crippen LogP contribution in [0, 0.1) is 0 Å². The molecule has 8 aromatic rings. The third-order valence-corrected chi connectivity index (χ3v) is 6.52. The number of furan rings is 2. The molecule has 13 heteroatoms. The Bertz CT molecular complexity index is 2340. The third-order valence-electron chi connectivity index (χ3n) is 6.25. The van der Waals surface area contributed by atoms with Crippen molar-refractivity contribution in [2.24, 2.45) is 0 Å². The first-order valence-electron chi connectivity index (χ1n) is 11.9. The number of nitrogens with one attached hydrogen (secondary N) is 1. The Balaban J connectivity index is 0.000000127. The Morgan fingerprint density at radius 3 is 1.78 bits per heavy atom. The molecule has 4 heterocycles. The van der Waals surface area contributed by atoms with Gasteiger partial charge in [-0.2, -0.15) is 0 Å². The summed E-state index contributed by atoms with van der Waals surface area (Å²) in [6.07, 6.45) is 2.86. The van der Waals surface area contributed by atoms with E-state index >= 15 is 0 Å². The minimum Gasteiger partial charge on any atom is -0.451 e. The van der Waals surface area contributed by atoms with E-state index in [1.54, 1.807) is 0 Å². The highest BCUT2D eigenvalue weighted by Crippen LogP contribution is 2.61. The number of rotatable bonds is 0. The average molecular weight is 644 g/mol. The quantitative estimate of drug-likeness (QED) is 0.129. The van der Waals surface area contributed by atoms with Gasteiger partial charge in [0.05, 0.1) is 17.1 Å². The summed E-state index contributed by atoms with van der Waals surface area (Å²) in [5, 5.41) is 3.44. The molecule has 41 heavy (non-hydrogen) atoms. The van der Waals surface area contributed by atoms with Gasteiger partial charge in [0.15, 0.2) is 10.7 Å². The normalized spacial score (nSPS) is 11.6. The predicted molar refractivity (Wildman–Crippen MR) is 167 cm³/mol. The minimum atomic E-state index is -3.22. The molecule has 8 nitrogen and oxygen atoms in total. The van der Waals surface area contributed by atoms with Gasteiger partial charge in [0, 0.05) is 0 Å². The summed E-state index contributed by atoms with van der Waals surface area (Å²) >= 11 is 19.9. The Morgan fingerprint density at radius 2 is 1.20 bits per heavy atom. The first kappa shape index (κ1) is 27.5. The molecule has 0 amide bonds. The highest BCUT2D eigenvalue weighted by atomic mass is 36.0. The van der Waals surface area contributed by atoms with Crippen LogP contribution in [0.5, 0.6) is 0 Å². The molecular formula is C28H15Cl4N4O4P. The van der Waals surface area contributed by atoms with Gasteiger partial charge in [-0.05, 0) is 67.4 Å². The molecule has 0 aliphatic rings. The lowest BCUT2D eigenvalue weighted by Crippen LogP contribution is -2.03. The van der Waals surface area contributed by atoms with E-state index in [1.807, 2.05) is 60.7 Å². The number of hydrogen-bond acceptors (Lipinski definition) is 7. The molecule has 4 aromatic heterocycles. The molecule has 0 unspecified atom stereocenters. The van der Waals surface area contributed by atoms with Gasteiger partial charge in [-0.1, -0.05) is 72.3 Å². The van der Waals surface area contributed by atoms with Gasteiger partial charge in [0.1, 0.15) is 28.5 Å². The van der Waals surface area contributed by atoms with Crippen LogP contribution in [-0.2, 0) is 4.57 Å². The van der Waals surface area contributed by atoms with Crippen LogP contribution in [0.25, 0.3) is 65.7 Å². The number of fused-ring (bicyclic) bond motifs is 10. The van der Waals surface area contributed by atoms with Crippen LogP contribution in [-0.4, -0.2) is 19.9 Å². The minimum absolute atomic E-state index is 0.250. The van der Waals surface area contributed by atoms with Crippen LogP contribution >= 0.6 is 50.5 Å². The van der Waals surface area contributed by atoms with Crippen LogP contribution in [0.1, 0.15) is 0 Å². The number of nitrogens with zero attached hydrogens (tertiary/aromatic N) is 3. The van der Waals surface area contributed by atoms with Gasteiger partial charge in [0.2, 0.25) is 5.58 Å². The predicted octanol–water partition coefficient (Wildman–Crippen LogP) is 9.82. The van der Waals surface area contributed by atoms with Gasteiger partial charge in [-0.3, -0.25) is 9.36 Å². The summed E-state index contributed by atoms with van der Waals surface area (Å²) in [5.74, 6) is 0. The van der Waals surface area contributed by atoms with Gasteiger partial charge in [0.25, 0.3) is 5.56 Å². The van der Waals surface area contributed by atoms with Gasteiger partial charge >= 0.3 is 5.20 Å². The van der Waals surface area contributed by atoms with Crippen LogP contribution < -0.4 is 5.56 Å². The Kier molecular flexibility index (Phi) is 7.36. The SMILES string of the molecule is Clc1ncnc2c1oc1ccc3ccccc3c12.O=P(Cl)(Cl)Cl.O=c1[nH]cnc2c1oc1ccc3ccccc3c12. The summed E-state index contributed by atoms with van der Waals surface area (Å²) in [5.41, 5.74) is 3.43. The summed E-state index contributed by atoms with van der Waals surface area (Å²) in [6.45, 7) is 0. The molecule has 0 saturated carbocycles. The number of aromatic nitrogens is 4. The van der Waals surface area contributed by atoms with E-state index in [9.17, 15) is 9.36 Å². The average Bonchev–Trinajstić information content (AvgIpc) is 3.53. The highest BCUT2D eigenvalue weighted by Gasteiger charge is 2.15. The van der Waals surface area contributed by atoms with E-state index in [2.05, 4.69) is 65.8 Å². The first-order valence-corrected chi connectivity index (χ1v) is 16.7. The smallest absolute Gasteiger partial charge is 0.339 e. The van der Waals surface area contributed by atoms with Gasteiger partial charge in [-0.25, -0.2) is 15.0 Å². The molecule has 1 N–H and O–H groups in total.